The van der Waals surface area contributed by atoms with E-state index in [4.69, 9.17) is 0 Å². The second-order valence-electron chi connectivity index (χ2n) is 9.64. The molecule has 0 aliphatic carbocycles. The number of halogens is 2. The van der Waals surface area contributed by atoms with Crippen molar-refractivity contribution >= 4 is 10.0 Å². The van der Waals surface area contributed by atoms with Gasteiger partial charge in [0.2, 0.25) is 10.0 Å². The van der Waals surface area contributed by atoms with E-state index in [1.807, 2.05) is 18.2 Å². The molecule has 0 bridgehead atoms. The van der Waals surface area contributed by atoms with E-state index in [1.54, 1.807) is 41.6 Å². The number of nitrogens with zero attached hydrogens (tertiary/aromatic N) is 2. The van der Waals surface area contributed by atoms with E-state index in [-0.39, 0.29) is 30.2 Å². The van der Waals surface area contributed by atoms with Crippen LogP contribution in [0.5, 0.6) is 0 Å². The predicted octanol–water partition coefficient (Wildman–Crippen LogP) is 4.55. The Hall–Kier alpha value is -2.65. The Kier molecular flexibility index (Phi) is 6.96. The summed E-state index contributed by atoms with van der Waals surface area (Å²) < 4.78 is 56.8. The van der Waals surface area contributed by atoms with Gasteiger partial charge in [-0.1, -0.05) is 54.6 Å². The Morgan fingerprint density at radius 1 is 0.944 bits per heavy atom. The zero-order valence-electron chi connectivity index (χ0n) is 20.1. The van der Waals surface area contributed by atoms with Gasteiger partial charge in [-0.3, -0.25) is 4.90 Å². The molecule has 190 valence electrons. The van der Waals surface area contributed by atoms with Crippen LogP contribution < -0.4 is 0 Å². The number of hydrogen-bond acceptors (Lipinski definition) is 4. The molecule has 0 amide bonds. The zero-order valence-corrected chi connectivity index (χ0v) is 21.0. The van der Waals surface area contributed by atoms with E-state index in [0.717, 1.165) is 36.6 Å². The van der Waals surface area contributed by atoms with Crippen LogP contribution in [0, 0.1) is 18.6 Å². The average Bonchev–Trinajstić information content (AvgIpc) is 2.85. The molecule has 3 aromatic rings. The first-order valence-electron chi connectivity index (χ1n) is 12.3. The van der Waals surface area contributed by atoms with E-state index in [1.165, 1.54) is 12.1 Å². The molecule has 2 saturated heterocycles. The monoisotopic (exact) mass is 512 g/mol. The molecule has 36 heavy (non-hydrogen) atoms. The molecule has 8 heteroatoms. The molecular formula is C28H30F2N2O3S. The summed E-state index contributed by atoms with van der Waals surface area (Å²) in [7, 11) is -3.67. The molecule has 0 spiro atoms. The van der Waals surface area contributed by atoms with Crippen molar-refractivity contribution in [2.24, 2.45) is 0 Å². The van der Waals surface area contributed by atoms with Gasteiger partial charge in [0.15, 0.2) is 11.6 Å². The van der Waals surface area contributed by atoms with Crippen molar-refractivity contribution < 1.29 is 22.3 Å². The summed E-state index contributed by atoms with van der Waals surface area (Å²) in [5, 5.41) is 10.2. The van der Waals surface area contributed by atoms with Crippen molar-refractivity contribution in [2.75, 3.05) is 26.2 Å². The van der Waals surface area contributed by atoms with Crippen LogP contribution >= 0.6 is 0 Å². The van der Waals surface area contributed by atoms with E-state index in [9.17, 15) is 22.3 Å². The van der Waals surface area contributed by atoms with Crippen molar-refractivity contribution in [1.29, 1.82) is 0 Å². The van der Waals surface area contributed by atoms with Crippen molar-refractivity contribution in [3.8, 4) is 11.1 Å². The molecule has 3 atom stereocenters. The molecule has 2 aliphatic heterocycles. The lowest BCUT2D eigenvalue weighted by atomic mass is 9.74. The fourth-order valence-electron chi connectivity index (χ4n) is 5.72. The summed E-state index contributed by atoms with van der Waals surface area (Å²) >= 11 is 0. The fourth-order valence-corrected chi connectivity index (χ4v) is 7.45. The van der Waals surface area contributed by atoms with Crippen LogP contribution in [0.15, 0.2) is 71.6 Å². The third kappa shape index (κ3) is 4.36. The average molecular weight is 513 g/mol. The van der Waals surface area contributed by atoms with Crippen molar-refractivity contribution in [2.45, 2.75) is 42.7 Å². The molecule has 2 fully saturated rings. The second kappa shape index (κ2) is 10.0. The molecule has 0 aromatic heterocycles. The van der Waals surface area contributed by atoms with Crippen LogP contribution in [0.1, 0.15) is 29.9 Å². The van der Waals surface area contributed by atoms with Crippen LogP contribution in [0.25, 0.3) is 11.1 Å². The number of sulfonamides is 1. The van der Waals surface area contributed by atoms with Crippen molar-refractivity contribution in [3.63, 3.8) is 0 Å². The molecule has 0 saturated carbocycles. The van der Waals surface area contributed by atoms with Crippen molar-refractivity contribution in [3.05, 3.63) is 89.5 Å². The summed E-state index contributed by atoms with van der Waals surface area (Å²) in [5.74, 6) is -1.85. The highest BCUT2D eigenvalue weighted by molar-refractivity contribution is 7.89. The van der Waals surface area contributed by atoms with E-state index in [2.05, 4.69) is 4.90 Å². The summed E-state index contributed by atoms with van der Waals surface area (Å²) in [6.45, 7) is 3.36. The number of aliphatic hydroxyl groups is 1. The smallest absolute Gasteiger partial charge is 0.243 e. The molecule has 3 aromatic carbocycles. The highest BCUT2D eigenvalue weighted by atomic mass is 32.2. The Morgan fingerprint density at radius 2 is 1.67 bits per heavy atom. The lowest BCUT2D eigenvalue weighted by Crippen LogP contribution is -2.67. The first kappa shape index (κ1) is 25.0. The minimum absolute atomic E-state index is 0.0357. The van der Waals surface area contributed by atoms with E-state index >= 15 is 0 Å². The minimum Gasteiger partial charge on any atom is -0.395 e. The number of aryl methyl sites for hydroxylation is 1. The highest BCUT2D eigenvalue weighted by Crippen LogP contribution is 2.43. The van der Waals surface area contributed by atoms with Gasteiger partial charge in [-0.2, -0.15) is 4.31 Å². The van der Waals surface area contributed by atoms with Crippen LogP contribution in [0.3, 0.4) is 0 Å². The maximum atomic E-state index is 14.3. The first-order chi connectivity index (χ1) is 17.3. The highest BCUT2D eigenvalue weighted by Gasteiger charge is 2.50. The van der Waals surface area contributed by atoms with Crippen LogP contribution in [0.4, 0.5) is 8.78 Å². The third-order valence-electron chi connectivity index (χ3n) is 7.60. The van der Waals surface area contributed by atoms with Gasteiger partial charge >= 0.3 is 0 Å². The summed E-state index contributed by atoms with van der Waals surface area (Å²) in [6.07, 6.45) is 1.60. The van der Waals surface area contributed by atoms with Gasteiger partial charge in [-0.15, -0.1) is 0 Å². The lowest BCUT2D eigenvalue weighted by molar-refractivity contribution is -0.0553. The number of aliphatic hydroxyl groups excluding tert-OH is 1. The van der Waals surface area contributed by atoms with E-state index in [0.29, 0.717) is 23.5 Å². The Labute approximate surface area is 211 Å². The normalized spacial score (nSPS) is 23.4. The summed E-state index contributed by atoms with van der Waals surface area (Å²) in [6, 6.07) is 18.2. The minimum atomic E-state index is -3.67. The molecule has 5 rings (SSSR count). The SMILES string of the molecule is Cc1ccccc1S(=O)(=O)N1CCCCN2[C@H](CO)[C@@H](c3ccc(-c4cccc(F)c4F)cc3)[C@@H]2C1. The maximum absolute atomic E-state index is 14.3. The second-order valence-corrected chi connectivity index (χ2v) is 11.5. The van der Waals surface area contributed by atoms with Gasteiger partial charge in [-0.25, -0.2) is 17.2 Å². The fraction of sp³-hybridized carbons (Fsp3) is 0.357. The number of fused-ring (bicyclic) bond motifs is 1. The molecule has 0 radical (unpaired) electrons. The van der Waals surface area contributed by atoms with Gasteiger partial charge < -0.3 is 5.11 Å². The van der Waals surface area contributed by atoms with Gasteiger partial charge in [0, 0.05) is 36.7 Å². The lowest BCUT2D eigenvalue weighted by Gasteiger charge is -2.57. The number of hydrogen-bond donors (Lipinski definition) is 1. The molecule has 5 nitrogen and oxygen atoms in total. The molecular weight excluding hydrogens is 482 g/mol. The largest absolute Gasteiger partial charge is 0.395 e. The molecule has 2 aliphatic rings. The summed E-state index contributed by atoms with van der Waals surface area (Å²) in [5.41, 5.74) is 2.42. The zero-order chi connectivity index (χ0) is 25.4. The van der Waals surface area contributed by atoms with Gasteiger partial charge in [0.25, 0.3) is 0 Å². The number of rotatable bonds is 5. The maximum Gasteiger partial charge on any atom is 0.243 e. The standard InChI is InChI=1S/C28H30F2N2O3S/c1-19-7-2-3-10-26(19)36(34,35)31-15-4-5-16-32-24(17-31)27(25(32)18-33)21-13-11-20(12-14-21)22-8-6-9-23(29)28(22)30/h2-3,6-14,24-25,27,33H,4-5,15-18H2,1H3/t24-,25+,27-/m0/s1. The van der Waals surface area contributed by atoms with Gasteiger partial charge in [0.05, 0.1) is 11.5 Å². The van der Waals surface area contributed by atoms with Crippen molar-refractivity contribution in [1.82, 2.24) is 9.21 Å². The predicted molar refractivity (Wildman–Crippen MR) is 135 cm³/mol. The summed E-state index contributed by atoms with van der Waals surface area (Å²) in [4.78, 5) is 2.54. The first-order valence-corrected chi connectivity index (χ1v) is 13.7. The topological polar surface area (TPSA) is 60.9 Å². The van der Waals surface area contributed by atoms with Gasteiger partial charge in [0.1, 0.15) is 0 Å². The Balaban J connectivity index is 1.44. The van der Waals surface area contributed by atoms with Crippen LogP contribution in [0.2, 0.25) is 0 Å². The van der Waals surface area contributed by atoms with Gasteiger partial charge in [-0.05, 0) is 55.1 Å². The Bertz CT molecular complexity index is 1350. The quantitative estimate of drug-likeness (QED) is 0.545. The molecule has 2 heterocycles. The van der Waals surface area contributed by atoms with Crippen LogP contribution in [-0.2, 0) is 10.0 Å². The van der Waals surface area contributed by atoms with Crippen LogP contribution in [-0.4, -0.2) is 61.1 Å². The molecule has 0 unspecified atom stereocenters. The number of benzene rings is 3. The third-order valence-corrected chi connectivity index (χ3v) is 9.63. The van der Waals surface area contributed by atoms with E-state index < -0.39 is 21.7 Å². The molecule has 1 N–H and O–H groups in total. The Morgan fingerprint density at radius 3 is 2.39 bits per heavy atom.